The molecule has 1 aromatic carbocycles. The molecule has 1 heterocycles. The van der Waals surface area contributed by atoms with Crippen molar-refractivity contribution in [2.45, 2.75) is 19.3 Å². The van der Waals surface area contributed by atoms with Crippen molar-refractivity contribution in [2.24, 2.45) is 11.7 Å². The van der Waals surface area contributed by atoms with Gasteiger partial charge in [0.25, 0.3) is 0 Å². The Morgan fingerprint density at radius 1 is 1.36 bits per heavy atom. The highest BCUT2D eigenvalue weighted by atomic mass is 35.5. The van der Waals surface area contributed by atoms with Crippen molar-refractivity contribution in [3.8, 4) is 0 Å². The number of rotatable bonds is 4. The summed E-state index contributed by atoms with van der Waals surface area (Å²) in [6.45, 7) is 1.49. The molecule has 5 nitrogen and oxygen atoms in total. The van der Waals surface area contributed by atoms with Gasteiger partial charge in [-0.2, -0.15) is 0 Å². The first-order valence-electron chi connectivity index (χ1n) is 7.24. The van der Waals surface area contributed by atoms with E-state index in [1.165, 1.54) is 4.90 Å². The van der Waals surface area contributed by atoms with Crippen LogP contribution in [0.15, 0.2) is 18.2 Å². The summed E-state index contributed by atoms with van der Waals surface area (Å²) in [6.07, 6.45) is 2.17. The average Bonchev–Trinajstić information content (AvgIpc) is 2.51. The van der Waals surface area contributed by atoms with Crippen LogP contribution in [-0.2, 0) is 11.2 Å². The minimum atomic E-state index is -0.469. The number of carbonyl (C=O) groups excluding carboxylic acids is 2. The number of amides is 3. The number of nitrogens with one attached hydrogen (secondary N) is 1. The van der Waals surface area contributed by atoms with Gasteiger partial charge in [-0.15, -0.1) is 0 Å². The van der Waals surface area contributed by atoms with Crippen LogP contribution in [0.4, 0.5) is 4.79 Å². The van der Waals surface area contributed by atoms with Crippen LogP contribution in [0.3, 0.4) is 0 Å². The highest BCUT2D eigenvalue weighted by Crippen LogP contribution is 2.25. The molecule has 0 radical (unpaired) electrons. The van der Waals surface area contributed by atoms with Gasteiger partial charge >= 0.3 is 6.03 Å². The molecule has 3 N–H and O–H groups in total. The topological polar surface area (TPSA) is 75.4 Å². The van der Waals surface area contributed by atoms with E-state index in [1.807, 2.05) is 12.1 Å². The van der Waals surface area contributed by atoms with Crippen LogP contribution < -0.4 is 11.1 Å². The number of benzene rings is 1. The van der Waals surface area contributed by atoms with E-state index >= 15 is 0 Å². The molecular weight excluding hydrogens is 325 g/mol. The second kappa shape index (κ2) is 7.70. The normalized spacial score (nSPS) is 18.1. The lowest BCUT2D eigenvalue weighted by atomic mass is 9.97. The Morgan fingerprint density at radius 2 is 2.14 bits per heavy atom. The molecule has 1 aromatic rings. The summed E-state index contributed by atoms with van der Waals surface area (Å²) in [6, 6.07) is 4.97. The molecule has 0 bridgehead atoms. The van der Waals surface area contributed by atoms with Crippen LogP contribution >= 0.6 is 23.2 Å². The maximum absolute atomic E-state index is 12.2. The van der Waals surface area contributed by atoms with E-state index in [2.05, 4.69) is 5.32 Å². The molecule has 0 aliphatic carbocycles. The van der Waals surface area contributed by atoms with Crippen LogP contribution in [0.1, 0.15) is 18.4 Å². The Labute approximate surface area is 139 Å². The molecule has 22 heavy (non-hydrogen) atoms. The lowest BCUT2D eigenvalue weighted by molar-refractivity contribution is -0.126. The quantitative estimate of drug-likeness (QED) is 0.880. The van der Waals surface area contributed by atoms with E-state index in [1.54, 1.807) is 6.07 Å². The van der Waals surface area contributed by atoms with Crippen molar-refractivity contribution >= 4 is 35.1 Å². The molecule has 0 saturated carbocycles. The number of nitrogens with two attached hydrogens (primary N) is 1. The Bertz CT molecular complexity index is 566. The Balaban J connectivity index is 1.82. The molecule has 120 valence electrons. The molecule has 0 unspecified atom stereocenters. The zero-order chi connectivity index (χ0) is 16.1. The minimum absolute atomic E-state index is 0.0518. The number of piperidine rings is 1. The van der Waals surface area contributed by atoms with Gasteiger partial charge in [-0.25, -0.2) is 4.79 Å². The van der Waals surface area contributed by atoms with Gasteiger partial charge in [0.05, 0.1) is 16.0 Å². The number of hydrogen-bond donors (Lipinski definition) is 2. The molecule has 7 heteroatoms. The fourth-order valence-electron chi connectivity index (χ4n) is 2.60. The number of nitrogens with zero attached hydrogens (tertiary/aromatic N) is 1. The van der Waals surface area contributed by atoms with E-state index in [-0.39, 0.29) is 11.8 Å². The van der Waals surface area contributed by atoms with Gasteiger partial charge in [0.2, 0.25) is 5.91 Å². The van der Waals surface area contributed by atoms with E-state index < -0.39 is 6.03 Å². The van der Waals surface area contributed by atoms with E-state index in [0.29, 0.717) is 36.1 Å². The molecule has 1 aliphatic heterocycles. The first-order valence-corrected chi connectivity index (χ1v) is 7.99. The highest BCUT2D eigenvalue weighted by molar-refractivity contribution is 6.42. The zero-order valence-electron chi connectivity index (χ0n) is 12.1. The van der Waals surface area contributed by atoms with Gasteiger partial charge < -0.3 is 16.0 Å². The highest BCUT2D eigenvalue weighted by Gasteiger charge is 2.27. The lowest BCUT2D eigenvalue weighted by Crippen LogP contribution is -2.47. The van der Waals surface area contributed by atoms with Gasteiger partial charge in [0.1, 0.15) is 0 Å². The maximum Gasteiger partial charge on any atom is 0.314 e. The smallest absolute Gasteiger partial charge is 0.314 e. The molecule has 1 saturated heterocycles. The van der Waals surface area contributed by atoms with Crippen LogP contribution in [-0.4, -0.2) is 36.5 Å². The predicted octanol–water partition coefficient (Wildman–Crippen LogP) is 2.44. The summed E-state index contributed by atoms with van der Waals surface area (Å²) in [5, 5.41) is 3.92. The molecule has 3 amide bonds. The molecule has 1 fully saturated rings. The molecule has 0 aromatic heterocycles. The molecule has 2 rings (SSSR count). The second-order valence-corrected chi connectivity index (χ2v) is 6.16. The summed E-state index contributed by atoms with van der Waals surface area (Å²) in [7, 11) is 0. The summed E-state index contributed by atoms with van der Waals surface area (Å²) in [5.74, 6) is -0.250. The Morgan fingerprint density at radius 3 is 2.86 bits per heavy atom. The standard InChI is InChI=1S/C15H19Cl2N3O2/c16-12-5-1-3-10(13(12)17)6-7-19-14(21)11-4-2-8-20(9-11)15(18)22/h1,3,5,11H,2,4,6-9H2,(H2,18,22)(H,19,21)/t11-/m1/s1. The van der Waals surface area contributed by atoms with Crippen molar-refractivity contribution < 1.29 is 9.59 Å². The van der Waals surface area contributed by atoms with E-state index in [0.717, 1.165) is 18.4 Å². The molecule has 0 spiro atoms. The lowest BCUT2D eigenvalue weighted by Gasteiger charge is -2.30. The van der Waals surface area contributed by atoms with Crippen LogP contribution in [0.5, 0.6) is 0 Å². The number of carbonyl (C=O) groups is 2. The van der Waals surface area contributed by atoms with E-state index in [9.17, 15) is 9.59 Å². The Hall–Kier alpha value is -1.46. The fourth-order valence-corrected chi connectivity index (χ4v) is 3.01. The molecular formula is C15H19Cl2N3O2. The van der Waals surface area contributed by atoms with Gasteiger partial charge in [0, 0.05) is 19.6 Å². The maximum atomic E-state index is 12.2. The van der Waals surface area contributed by atoms with Gasteiger partial charge in [-0.3, -0.25) is 4.79 Å². The first-order chi connectivity index (χ1) is 10.5. The SMILES string of the molecule is NC(=O)N1CCC[C@@H](C(=O)NCCc2cccc(Cl)c2Cl)C1. The number of likely N-dealkylation sites (tertiary alicyclic amines) is 1. The van der Waals surface area contributed by atoms with Crippen LogP contribution in [0, 0.1) is 5.92 Å². The molecule has 1 aliphatic rings. The summed E-state index contributed by atoms with van der Waals surface area (Å²) >= 11 is 12.1. The molecule has 1 atom stereocenters. The van der Waals surface area contributed by atoms with Crippen LogP contribution in [0.25, 0.3) is 0 Å². The second-order valence-electron chi connectivity index (χ2n) is 5.38. The Kier molecular flexibility index (Phi) is 5.91. The number of hydrogen-bond acceptors (Lipinski definition) is 2. The summed E-state index contributed by atoms with van der Waals surface area (Å²) in [5.41, 5.74) is 6.16. The third kappa shape index (κ3) is 4.27. The van der Waals surface area contributed by atoms with Gasteiger partial charge in [-0.1, -0.05) is 35.3 Å². The fraction of sp³-hybridized carbons (Fsp3) is 0.467. The number of urea groups is 1. The van der Waals surface area contributed by atoms with Crippen molar-refractivity contribution in [3.63, 3.8) is 0 Å². The van der Waals surface area contributed by atoms with Crippen molar-refractivity contribution in [1.82, 2.24) is 10.2 Å². The minimum Gasteiger partial charge on any atom is -0.355 e. The van der Waals surface area contributed by atoms with Crippen LogP contribution in [0.2, 0.25) is 10.0 Å². The van der Waals surface area contributed by atoms with Crippen molar-refractivity contribution in [1.29, 1.82) is 0 Å². The zero-order valence-corrected chi connectivity index (χ0v) is 13.7. The first kappa shape index (κ1) is 16.9. The summed E-state index contributed by atoms with van der Waals surface area (Å²) < 4.78 is 0. The largest absolute Gasteiger partial charge is 0.355 e. The van der Waals surface area contributed by atoms with E-state index in [4.69, 9.17) is 28.9 Å². The van der Waals surface area contributed by atoms with Gasteiger partial charge in [0.15, 0.2) is 0 Å². The third-order valence-electron chi connectivity index (χ3n) is 3.83. The number of halogens is 2. The van der Waals surface area contributed by atoms with Crippen molar-refractivity contribution in [2.75, 3.05) is 19.6 Å². The monoisotopic (exact) mass is 343 g/mol. The predicted molar refractivity (Wildman–Crippen MR) is 87.1 cm³/mol. The average molecular weight is 344 g/mol. The van der Waals surface area contributed by atoms with Gasteiger partial charge in [-0.05, 0) is 30.9 Å². The van der Waals surface area contributed by atoms with Crippen molar-refractivity contribution in [3.05, 3.63) is 33.8 Å². The summed E-state index contributed by atoms with van der Waals surface area (Å²) in [4.78, 5) is 24.9. The number of primary amides is 1. The third-order valence-corrected chi connectivity index (χ3v) is 4.69.